The van der Waals surface area contributed by atoms with E-state index >= 15 is 0 Å². The Kier molecular flexibility index (Phi) is 3.60. The predicted octanol–water partition coefficient (Wildman–Crippen LogP) is 3.06. The van der Waals surface area contributed by atoms with E-state index in [9.17, 15) is 17.6 Å². The molecule has 0 unspecified atom stereocenters. The fourth-order valence-corrected chi connectivity index (χ4v) is 3.52. The van der Waals surface area contributed by atoms with Crippen molar-refractivity contribution in [3.05, 3.63) is 40.3 Å². The van der Waals surface area contributed by atoms with E-state index in [0.717, 1.165) is 12.3 Å². The monoisotopic (exact) mass is 346 g/mol. The maximum absolute atomic E-state index is 13.9. The van der Waals surface area contributed by atoms with Crippen LogP contribution < -0.4 is 0 Å². The Labute approximate surface area is 117 Å². The van der Waals surface area contributed by atoms with Crippen LogP contribution >= 0.6 is 15.9 Å². The van der Waals surface area contributed by atoms with E-state index in [1.807, 2.05) is 0 Å². The molecule has 0 N–H and O–H groups in total. The molecule has 19 heavy (non-hydrogen) atoms. The fraction of sp³-hybridized carbons (Fsp3) is 0.0833. The summed E-state index contributed by atoms with van der Waals surface area (Å²) in [7, 11) is -3.53. The van der Waals surface area contributed by atoms with Gasteiger partial charge in [-0.2, -0.15) is 0 Å². The van der Waals surface area contributed by atoms with Gasteiger partial charge in [0.2, 0.25) is 0 Å². The lowest BCUT2D eigenvalue weighted by Crippen LogP contribution is -2.00. The summed E-state index contributed by atoms with van der Waals surface area (Å²) in [5.74, 6) is -0.520. The standard InChI is InChI=1S/C12H8BrFO4S/c1-19(16,17)12-5-10(14)8(4-9(12)13)11-3-2-7(6-15)18-11/h2-6H,1H3. The zero-order valence-corrected chi connectivity index (χ0v) is 12.1. The highest BCUT2D eigenvalue weighted by Gasteiger charge is 2.18. The van der Waals surface area contributed by atoms with E-state index in [1.54, 1.807) is 0 Å². The summed E-state index contributed by atoms with van der Waals surface area (Å²) in [5.41, 5.74) is 0.0763. The number of sulfone groups is 1. The summed E-state index contributed by atoms with van der Waals surface area (Å²) >= 11 is 3.08. The summed E-state index contributed by atoms with van der Waals surface area (Å²) in [4.78, 5) is 10.4. The van der Waals surface area contributed by atoms with Crippen LogP contribution in [0.15, 0.2) is 38.1 Å². The minimum atomic E-state index is -3.53. The van der Waals surface area contributed by atoms with Crippen LogP contribution in [0, 0.1) is 5.82 Å². The number of carbonyl (C=O) groups excluding carboxylic acids is 1. The number of rotatable bonds is 3. The molecule has 0 aliphatic carbocycles. The number of aldehydes is 1. The van der Waals surface area contributed by atoms with E-state index in [0.29, 0.717) is 6.29 Å². The molecule has 0 amide bonds. The van der Waals surface area contributed by atoms with Crippen molar-refractivity contribution in [1.82, 2.24) is 0 Å². The van der Waals surface area contributed by atoms with E-state index in [2.05, 4.69) is 15.9 Å². The van der Waals surface area contributed by atoms with E-state index in [4.69, 9.17) is 4.42 Å². The van der Waals surface area contributed by atoms with Gasteiger partial charge in [0.25, 0.3) is 0 Å². The first-order valence-corrected chi connectivity index (χ1v) is 7.76. The second-order valence-corrected chi connectivity index (χ2v) is 6.69. The highest BCUT2D eigenvalue weighted by molar-refractivity contribution is 9.10. The SMILES string of the molecule is CS(=O)(=O)c1cc(F)c(-c2ccc(C=O)o2)cc1Br. The Morgan fingerprint density at radius 2 is 2.00 bits per heavy atom. The number of halogens is 2. The first kappa shape index (κ1) is 14.0. The molecular weight excluding hydrogens is 339 g/mol. The maximum atomic E-state index is 13.9. The van der Waals surface area contributed by atoms with Gasteiger partial charge in [-0.3, -0.25) is 4.79 Å². The normalized spacial score (nSPS) is 11.5. The maximum Gasteiger partial charge on any atom is 0.185 e. The first-order chi connectivity index (χ1) is 8.82. The minimum absolute atomic E-state index is 0.0673. The Morgan fingerprint density at radius 1 is 1.32 bits per heavy atom. The van der Waals surface area contributed by atoms with Gasteiger partial charge in [0.15, 0.2) is 21.9 Å². The van der Waals surface area contributed by atoms with Crippen molar-refractivity contribution in [1.29, 1.82) is 0 Å². The number of hydrogen-bond acceptors (Lipinski definition) is 4. The van der Waals surface area contributed by atoms with Gasteiger partial charge < -0.3 is 4.42 Å². The zero-order valence-electron chi connectivity index (χ0n) is 9.68. The molecule has 0 saturated carbocycles. The first-order valence-electron chi connectivity index (χ1n) is 5.07. The highest BCUT2D eigenvalue weighted by atomic mass is 79.9. The van der Waals surface area contributed by atoms with Gasteiger partial charge in [0, 0.05) is 10.7 Å². The van der Waals surface area contributed by atoms with Gasteiger partial charge >= 0.3 is 0 Å². The molecular formula is C12H8BrFO4S. The quantitative estimate of drug-likeness (QED) is 0.801. The van der Waals surface area contributed by atoms with Gasteiger partial charge in [-0.1, -0.05) is 0 Å². The summed E-state index contributed by atoms with van der Waals surface area (Å²) in [6.07, 6.45) is 1.49. The molecule has 2 aromatic rings. The van der Waals surface area contributed by atoms with Gasteiger partial charge in [-0.25, -0.2) is 12.8 Å². The number of carbonyl (C=O) groups is 1. The minimum Gasteiger partial charge on any atom is -0.453 e. The van der Waals surface area contributed by atoms with Crippen LogP contribution in [0.25, 0.3) is 11.3 Å². The molecule has 0 bridgehead atoms. The van der Waals surface area contributed by atoms with Crippen molar-refractivity contribution in [2.24, 2.45) is 0 Å². The van der Waals surface area contributed by atoms with Crippen molar-refractivity contribution >= 4 is 32.1 Å². The Morgan fingerprint density at radius 3 is 2.53 bits per heavy atom. The predicted molar refractivity (Wildman–Crippen MR) is 70.3 cm³/mol. The molecule has 2 rings (SSSR count). The Bertz CT molecular complexity index is 749. The van der Waals surface area contributed by atoms with Crippen LogP contribution in [-0.4, -0.2) is 21.0 Å². The summed E-state index contributed by atoms with van der Waals surface area (Å²) < 4.78 is 42.1. The highest BCUT2D eigenvalue weighted by Crippen LogP contribution is 2.32. The fourth-order valence-electron chi connectivity index (χ4n) is 1.56. The Hall–Kier alpha value is -1.47. The number of hydrogen-bond donors (Lipinski definition) is 0. The molecule has 1 aromatic carbocycles. The smallest absolute Gasteiger partial charge is 0.185 e. The second kappa shape index (κ2) is 4.90. The molecule has 0 radical (unpaired) electrons. The van der Waals surface area contributed by atoms with Crippen molar-refractivity contribution in [2.45, 2.75) is 4.90 Å². The van der Waals surface area contributed by atoms with Gasteiger partial charge in [0.05, 0.1) is 10.5 Å². The molecule has 0 spiro atoms. The lowest BCUT2D eigenvalue weighted by atomic mass is 10.1. The second-order valence-electron chi connectivity index (χ2n) is 3.85. The van der Waals surface area contributed by atoms with Crippen molar-refractivity contribution in [3.8, 4) is 11.3 Å². The van der Waals surface area contributed by atoms with Gasteiger partial charge in [-0.15, -0.1) is 0 Å². The summed E-state index contributed by atoms with van der Waals surface area (Å²) in [6, 6.07) is 5.06. The van der Waals surface area contributed by atoms with Crippen molar-refractivity contribution < 1.29 is 22.0 Å². The average molecular weight is 347 g/mol. The van der Waals surface area contributed by atoms with Gasteiger partial charge in [0.1, 0.15) is 11.6 Å². The molecule has 0 aliphatic rings. The van der Waals surface area contributed by atoms with Crippen LogP contribution in [0.5, 0.6) is 0 Å². The van der Waals surface area contributed by atoms with Crippen LogP contribution in [0.4, 0.5) is 4.39 Å². The molecule has 0 atom stereocenters. The largest absolute Gasteiger partial charge is 0.453 e. The van der Waals surface area contributed by atoms with E-state index in [1.165, 1.54) is 18.2 Å². The third-order valence-electron chi connectivity index (χ3n) is 2.43. The Balaban J connectivity index is 2.61. The summed E-state index contributed by atoms with van der Waals surface area (Å²) in [6.45, 7) is 0. The van der Waals surface area contributed by atoms with Crippen LogP contribution in [0.2, 0.25) is 0 Å². The molecule has 7 heteroatoms. The zero-order chi connectivity index (χ0) is 14.2. The van der Waals surface area contributed by atoms with Crippen LogP contribution in [-0.2, 0) is 9.84 Å². The third kappa shape index (κ3) is 2.76. The lowest BCUT2D eigenvalue weighted by Gasteiger charge is -2.06. The van der Waals surface area contributed by atoms with E-state index in [-0.39, 0.29) is 26.5 Å². The molecule has 4 nitrogen and oxygen atoms in total. The summed E-state index contributed by atoms with van der Waals surface area (Å²) in [5, 5.41) is 0. The molecule has 0 aliphatic heterocycles. The topological polar surface area (TPSA) is 64.3 Å². The number of furan rings is 1. The van der Waals surface area contributed by atoms with E-state index < -0.39 is 15.7 Å². The average Bonchev–Trinajstić information content (AvgIpc) is 2.78. The van der Waals surface area contributed by atoms with Crippen molar-refractivity contribution in [3.63, 3.8) is 0 Å². The van der Waals surface area contributed by atoms with Crippen LogP contribution in [0.1, 0.15) is 10.6 Å². The molecule has 1 aromatic heterocycles. The van der Waals surface area contributed by atoms with Crippen LogP contribution in [0.3, 0.4) is 0 Å². The van der Waals surface area contributed by atoms with Gasteiger partial charge in [-0.05, 0) is 40.2 Å². The molecule has 100 valence electrons. The third-order valence-corrected chi connectivity index (χ3v) is 4.48. The molecule has 1 heterocycles. The molecule has 0 fully saturated rings. The van der Waals surface area contributed by atoms with Crippen molar-refractivity contribution in [2.75, 3.05) is 6.26 Å². The number of benzene rings is 1. The lowest BCUT2D eigenvalue weighted by molar-refractivity contribution is 0.110. The molecule has 0 saturated heterocycles.